The smallest absolute Gasteiger partial charge is 0.342 e. The summed E-state index contributed by atoms with van der Waals surface area (Å²) in [6.45, 7) is 1.91. The van der Waals surface area contributed by atoms with E-state index in [0.29, 0.717) is 27.6 Å². The van der Waals surface area contributed by atoms with Gasteiger partial charge in [0.2, 0.25) is 0 Å². The lowest BCUT2D eigenvalue weighted by Gasteiger charge is -2.06. The molecule has 3 rings (SSSR count). The first-order valence-electron chi connectivity index (χ1n) is 8.36. The van der Waals surface area contributed by atoms with Gasteiger partial charge in [0.25, 0.3) is 11.1 Å². The standard InChI is InChI=1S/C20H17ClN2O5S/c1-11-4-5-12(8-16(11)27-3)9-17(19(24)25)29-20-23-22-18(28-20)14-10-13(21)6-7-15(14)26-2/h4-10H,1-3H3,(H,24,25)/b17-9-. The minimum absolute atomic E-state index is 0.0177. The van der Waals surface area contributed by atoms with E-state index < -0.39 is 5.97 Å². The number of thioether (sulfide) groups is 1. The maximum Gasteiger partial charge on any atom is 0.342 e. The number of hydrogen-bond acceptors (Lipinski definition) is 7. The van der Waals surface area contributed by atoms with E-state index in [1.54, 1.807) is 37.4 Å². The summed E-state index contributed by atoms with van der Waals surface area (Å²) in [5, 5.41) is 18.0. The summed E-state index contributed by atoms with van der Waals surface area (Å²) in [5.41, 5.74) is 2.14. The topological polar surface area (TPSA) is 94.7 Å². The number of carboxylic acids is 1. The third kappa shape index (κ3) is 4.90. The molecule has 2 aromatic carbocycles. The monoisotopic (exact) mass is 432 g/mol. The van der Waals surface area contributed by atoms with Crippen LogP contribution in [0.3, 0.4) is 0 Å². The zero-order chi connectivity index (χ0) is 21.0. The lowest BCUT2D eigenvalue weighted by Crippen LogP contribution is -1.97. The Morgan fingerprint density at radius 3 is 2.59 bits per heavy atom. The Labute approximate surface area is 176 Å². The zero-order valence-electron chi connectivity index (χ0n) is 15.8. The number of benzene rings is 2. The van der Waals surface area contributed by atoms with Crippen LogP contribution in [0.15, 0.2) is 50.9 Å². The molecule has 0 saturated carbocycles. The van der Waals surface area contributed by atoms with Crippen LogP contribution in [0.5, 0.6) is 11.5 Å². The summed E-state index contributed by atoms with van der Waals surface area (Å²) in [4.78, 5) is 11.7. The van der Waals surface area contributed by atoms with Gasteiger partial charge in [0.05, 0.1) is 19.8 Å². The number of aryl methyl sites for hydroxylation is 1. The molecule has 0 aliphatic heterocycles. The maximum atomic E-state index is 11.7. The highest BCUT2D eigenvalue weighted by Gasteiger charge is 2.18. The third-order valence-electron chi connectivity index (χ3n) is 3.94. The van der Waals surface area contributed by atoms with E-state index in [1.807, 2.05) is 13.0 Å². The van der Waals surface area contributed by atoms with Gasteiger partial charge < -0.3 is 19.0 Å². The van der Waals surface area contributed by atoms with Crippen LogP contribution in [0.2, 0.25) is 5.02 Å². The summed E-state index contributed by atoms with van der Waals surface area (Å²) < 4.78 is 16.2. The van der Waals surface area contributed by atoms with Crippen LogP contribution < -0.4 is 9.47 Å². The molecular formula is C20H17ClN2O5S. The van der Waals surface area contributed by atoms with Crippen molar-refractivity contribution in [2.75, 3.05) is 14.2 Å². The van der Waals surface area contributed by atoms with Gasteiger partial charge in [-0.3, -0.25) is 0 Å². The van der Waals surface area contributed by atoms with E-state index >= 15 is 0 Å². The Hall–Kier alpha value is -2.97. The molecule has 1 heterocycles. The van der Waals surface area contributed by atoms with E-state index in [9.17, 15) is 9.90 Å². The molecule has 7 nitrogen and oxygen atoms in total. The van der Waals surface area contributed by atoms with Gasteiger partial charge in [0, 0.05) is 5.02 Å². The van der Waals surface area contributed by atoms with Gasteiger partial charge in [-0.15, -0.1) is 10.2 Å². The summed E-state index contributed by atoms with van der Waals surface area (Å²) in [6.07, 6.45) is 1.51. The Balaban J connectivity index is 1.90. The van der Waals surface area contributed by atoms with Gasteiger partial charge in [-0.25, -0.2) is 4.79 Å². The first kappa shape index (κ1) is 20.8. The van der Waals surface area contributed by atoms with Crippen molar-refractivity contribution in [1.29, 1.82) is 0 Å². The molecule has 3 aromatic rings. The quantitative estimate of drug-likeness (QED) is 0.414. The minimum Gasteiger partial charge on any atom is -0.496 e. The largest absolute Gasteiger partial charge is 0.496 e. The second-order valence-corrected chi connectivity index (χ2v) is 7.29. The highest BCUT2D eigenvalue weighted by atomic mass is 35.5. The fraction of sp³-hybridized carbons (Fsp3) is 0.150. The second kappa shape index (κ2) is 9.02. The highest BCUT2D eigenvalue weighted by molar-refractivity contribution is 8.03. The summed E-state index contributed by atoms with van der Waals surface area (Å²) in [5.74, 6) is 0.236. The molecule has 0 atom stereocenters. The number of nitrogens with zero attached hydrogens (tertiary/aromatic N) is 2. The van der Waals surface area contributed by atoms with Crippen molar-refractivity contribution in [1.82, 2.24) is 10.2 Å². The van der Waals surface area contributed by atoms with Gasteiger partial charge in [-0.2, -0.15) is 0 Å². The van der Waals surface area contributed by atoms with Gasteiger partial charge in [0.1, 0.15) is 16.4 Å². The summed E-state index contributed by atoms with van der Waals surface area (Å²) in [6, 6.07) is 10.4. The number of halogens is 1. The fourth-order valence-corrected chi connectivity index (χ4v) is 3.36. The lowest BCUT2D eigenvalue weighted by molar-refractivity contribution is -0.131. The molecule has 0 aliphatic carbocycles. The van der Waals surface area contributed by atoms with E-state index in [4.69, 9.17) is 25.5 Å². The zero-order valence-corrected chi connectivity index (χ0v) is 17.4. The number of ether oxygens (including phenoxy) is 2. The van der Waals surface area contributed by atoms with E-state index in [0.717, 1.165) is 17.3 Å². The van der Waals surface area contributed by atoms with Crippen molar-refractivity contribution < 1.29 is 23.8 Å². The predicted octanol–water partition coefficient (Wildman–Crippen LogP) is 4.93. The number of carboxylic acid groups (broad SMARTS) is 1. The van der Waals surface area contributed by atoms with Gasteiger partial charge in [0.15, 0.2) is 0 Å². The number of methoxy groups -OCH3 is 2. The number of carbonyl (C=O) groups is 1. The van der Waals surface area contributed by atoms with Crippen molar-refractivity contribution in [2.24, 2.45) is 0 Å². The molecule has 1 N–H and O–H groups in total. The Bertz CT molecular complexity index is 1080. The first-order chi connectivity index (χ1) is 13.9. The molecular weight excluding hydrogens is 416 g/mol. The van der Waals surface area contributed by atoms with Crippen LogP contribution in [0, 0.1) is 6.92 Å². The molecule has 0 amide bonds. The molecule has 150 valence electrons. The first-order valence-corrected chi connectivity index (χ1v) is 9.55. The lowest BCUT2D eigenvalue weighted by atomic mass is 10.1. The van der Waals surface area contributed by atoms with Crippen molar-refractivity contribution in [2.45, 2.75) is 12.1 Å². The number of aliphatic carboxylic acids is 1. The molecule has 0 aliphatic rings. The Morgan fingerprint density at radius 1 is 1.14 bits per heavy atom. The molecule has 0 saturated heterocycles. The molecule has 0 bridgehead atoms. The van der Waals surface area contributed by atoms with Gasteiger partial charge >= 0.3 is 5.97 Å². The summed E-state index contributed by atoms with van der Waals surface area (Å²) >= 11 is 6.88. The van der Waals surface area contributed by atoms with Crippen molar-refractivity contribution >= 4 is 35.4 Å². The average molecular weight is 433 g/mol. The number of aromatic nitrogens is 2. The van der Waals surface area contributed by atoms with Crippen LogP contribution in [0.4, 0.5) is 0 Å². The van der Waals surface area contributed by atoms with E-state index in [1.165, 1.54) is 13.2 Å². The number of rotatable bonds is 7. The van der Waals surface area contributed by atoms with Crippen molar-refractivity contribution in [3.8, 4) is 23.0 Å². The normalized spacial score (nSPS) is 11.4. The molecule has 0 fully saturated rings. The Morgan fingerprint density at radius 2 is 1.90 bits per heavy atom. The molecule has 0 spiro atoms. The van der Waals surface area contributed by atoms with Crippen molar-refractivity contribution in [3.05, 3.63) is 57.5 Å². The van der Waals surface area contributed by atoms with E-state index in [2.05, 4.69) is 10.2 Å². The van der Waals surface area contributed by atoms with Gasteiger partial charge in [-0.05, 0) is 60.2 Å². The van der Waals surface area contributed by atoms with Crippen LogP contribution >= 0.6 is 23.4 Å². The molecule has 29 heavy (non-hydrogen) atoms. The SMILES string of the molecule is COc1cc(/C=C(\Sc2nnc(-c3cc(Cl)ccc3OC)o2)C(=O)O)ccc1C. The van der Waals surface area contributed by atoms with Crippen LogP contribution in [0.1, 0.15) is 11.1 Å². The third-order valence-corrected chi connectivity index (χ3v) is 5.02. The fourth-order valence-electron chi connectivity index (χ4n) is 2.51. The maximum absolute atomic E-state index is 11.7. The summed E-state index contributed by atoms with van der Waals surface area (Å²) in [7, 11) is 3.08. The average Bonchev–Trinajstić information content (AvgIpc) is 3.17. The van der Waals surface area contributed by atoms with Crippen molar-refractivity contribution in [3.63, 3.8) is 0 Å². The van der Waals surface area contributed by atoms with Crippen LogP contribution in [0.25, 0.3) is 17.5 Å². The minimum atomic E-state index is -1.12. The van der Waals surface area contributed by atoms with Gasteiger partial charge in [-0.1, -0.05) is 23.7 Å². The van der Waals surface area contributed by atoms with Crippen LogP contribution in [-0.2, 0) is 4.79 Å². The second-order valence-electron chi connectivity index (χ2n) is 5.86. The predicted molar refractivity (Wildman–Crippen MR) is 110 cm³/mol. The molecule has 0 unspecified atom stereocenters. The Kier molecular flexibility index (Phi) is 6.46. The molecule has 1 aromatic heterocycles. The highest BCUT2D eigenvalue weighted by Crippen LogP contribution is 2.35. The molecule has 0 radical (unpaired) electrons. The van der Waals surface area contributed by atoms with E-state index in [-0.39, 0.29) is 16.0 Å². The van der Waals surface area contributed by atoms with Crippen LogP contribution in [-0.4, -0.2) is 35.5 Å². The molecule has 9 heteroatoms. The number of hydrogen-bond donors (Lipinski definition) is 1.